The van der Waals surface area contributed by atoms with Crippen molar-refractivity contribution in [3.05, 3.63) is 41.8 Å². The molecular formula is C14H17N5O2. The first kappa shape index (κ1) is 13.7. The van der Waals surface area contributed by atoms with Crippen molar-refractivity contribution in [3.8, 4) is 0 Å². The van der Waals surface area contributed by atoms with Gasteiger partial charge in [-0.25, -0.2) is 0 Å². The topological polar surface area (TPSA) is 92.9 Å². The van der Waals surface area contributed by atoms with Crippen LogP contribution in [0.15, 0.2) is 29.0 Å². The molecule has 1 unspecified atom stereocenters. The second-order valence-corrected chi connectivity index (χ2v) is 5.09. The Labute approximate surface area is 122 Å². The van der Waals surface area contributed by atoms with Crippen LogP contribution < -0.4 is 10.6 Å². The highest BCUT2D eigenvalue weighted by molar-refractivity contribution is 5.90. The third-order valence-corrected chi connectivity index (χ3v) is 3.54. The third-order valence-electron chi connectivity index (χ3n) is 3.54. The lowest BCUT2D eigenvalue weighted by molar-refractivity contribution is 0.0926. The minimum atomic E-state index is -0.348. The Morgan fingerprint density at radius 2 is 2.48 bits per heavy atom. The standard InChI is InChI=1S/C14H17N5O2/c1-9(10-4-2-6-15-8-10)17-13(20)12-18-14(21-19-12)11-5-3-7-16-11/h2,4,6,8-9,11,16H,3,5,7H2,1H3,(H,17,20)/t9-,11?/m0/s1. The van der Waals surface area contributed by atoms with Crippen molar-refractivity contribution in [2.75, 3.05) is 6.54 Å². The van der Waals surface area contributed by atoms with Gasteiger partial charge in [-0.2, -0.15) is 4.98 Å². The van der Waals surface area contributed by atoms with E-state index in [1.165, 1.54) is 0 Å². The van der Waals surface area contributed by atoms with Crippen LogP contribution in [0.3, 0.4) is 0 Å². The minimum absolute atomic E-state index is 0.0643. The Morgan fingerprint density at radius 1 is 1.57 bits per heavy atom. The molecule has 2 N–H and O–H groups in total. The van der Waals surface area contributed by atoms with Crippen molar-refractivity contribution in [3.63, 3.8) is 0 Å². The van der Waals surface area contributed by atoms with E-state index in [9.17, 15) is 4.79 Å². The van der Waals surface area contributed by atoms with E-state index in [4.69, 9.17) is 4.52 Å². The average molecular weight is 287 g/mol. The summed E-state index contributed by atoms with van der Waals surface area (Å²) in [5, 5.41) is 9.84. The lowest BCUT2D eigenvalue weighted by atomic mass is 10.1. The van der Waals surface area contributed by atoms with Gasteiger partial charge in [0.25, 0.3) is 11.7 Å². The molecule has 0 radical (unpaired) electrons. The maximum atomic E-state index is 12.1. The molecule has 0 aliphatic carbocycles. The number of nitrogens with zero attached hydrogens (tertiary/aromatic N) is 3. The first-order chi connectivity index (χ1) is 10.2. The fourth-order valence-electron chi connectivity index (χ4n) is 2.34. The van der Waals surface area contributed by atoms with Gasteiger partial charge in [0.05, 0.1) is 12.1 Å². The number of amides is 1. The number of hydrogen-bond donors (Lipinski definition) is 2. The molecule has 1 fully saturated rings. The summed E-state index contributed by atoms with van der Waals surface area (Å²) >= 11 is 0. The maximum absolute atomic E-state index is 12.1. The molecule has 7 nitrogen and oxygen atoms in total. The molecule has 0 bridgehead atoms. The van der Waals surface area contributed by atoms with Crippen LogP contribution >= 0.6 is 0 Å². The highest BCUT2D eigenvalue weighted by Crippen LogP contribution is 2.21. The normalized spacial score (nSPS) is 19.4. The van der Waals surface area contributed by atoms with Gasteiger partial charge in [0.2, 0.25) is 5.89 Å². The van der Waals surface area contributed by atoms with E-state index < -0.39 is 0 Å². The Bertz CT molecular complexity index is 607. The molecule has 1 saturated heterocycles. The number of nitrogens with one attached hydrogen (secondary N) is 2. The molecule has 0 saturated carbocycles. The Balaban J connectivity index is 1.65. The molecule has 0 aromatic carbocycles. The van der Waals surface area contributed by atoms with Crippen molar-refractivity contribution in [1.29, 1.82) is 0 Å². The van der Waals surface area contributed by atoms with Crippen molar-refractivity contribution in [2.24, 2.45) is 0 Å². The molecule has 7 heteroatoms. The third kappa shape index (κ3) is 3.08. The maximum Gasteiger partial charge on any atom is 0.293 e. The first-order valence-electron chi connectivity index (χ1n) is 7.02. The second-order valence-electron chi connectivity index (χ2n) is 5.09. The number of aromatic nitrogens is 3. The fraction of sp³-hybridized carbons (Fsp3) is 0.429. The van der Waals surface area contributed by atoms with Crippen LogP contribution in [0.4, 0.5) is 0 Å². The molecule has 21 heavy (non-hydrogen) atoms. The summed E-state index contributed by atoms with van der Waals surface area (Å²) < 4.78 is 5.16. The number of pyridine rings is 1. The van der Waals surface area contributed by atoms with E-state index in [-0.39, 0.29) is 23.8 Å². The molecule has 2 aromatic rings. The number of hydrogen-bond acceptors (Lipinski definition) is 6. The average Bonchev–Trinajstić information content (AvgIpc) is 3.19. The predicted molar refractivity (Wildman–Crippen MR) is 74.4 cm³/mol. The zero-order valence-corrected chi connectivity index (χ0v) is 11.7. The molecule has 3 heterocycles. The van der Waals surface area contributed by atoms with E-state index in [0.717, 1.165) is 24.9 Å². The minimum Gasteiger partial charge on any atom is -0.343 e. The molecular weight excluding hydrogens is 270 g/mol. The van der Waals surface area contributed by atoms with Crippen LogP contribution in [0.1, 0.15) is 53.9 Å². The molecule has 3 rings (SSSR count). The molecule has 2 aromatic heterocycles. The van der Waals surface area contributed by atoms with Gasteiger partial charge in [0, 0.05) is 12.4 Å². The van der Waals surface area contributed by atoms with Crippen molar-refractivity contribution < 1.29 is 9.32 Å². The summed E-state index contributed by atoms with van der Waals surface area (Å²) in [5.74, 6) is 0.195. The Morgan fingerprint density at radius 3 is 3.19 bits per heavy atom. The number of carbonyl (C=O) groups is 1. The summed E-state index contributed by atoms with van der Waals surface area (Å²) in [4.78, 5) is 20.3. The van der Waals surface area contributed by atoms with Crippen LogP contribution in [0.2, 0.25) is 0 Å². The van der Waals surface area contributed by atoms with Crippen LogP contribution in [0.5, 0.6) is 0 Å². The van der Waals surface area contributed by atoms with Crippen molar-refractivity contribution in [1.82, 2.24) is 25.8 Å². The van der Waals surface area contributed by atoms with Gasteiger partial charge in [-0.1, -0.05) is 11.2 Å². The molecule has 2 atom stereocenters. The Hall–Kier alpha value is -2.28. The molecule has 1 amide bonds. The van der Waals surface area contributed by atoms with Crippen LogP contribution in [0, 0.1) is 0 Å². The van der Waals surface area contributed by atoms with Gasteiger partial charge in [-0.3, -0.25) is 9.78 Å². The van der Waals surface area contributed by atoms with E-state index in [1.807, 2.05) is 19.1 Å². The summed E-state index contributed by atoms with van der Waals surface area (Å²) in [6.45, 7) is 2.82. The predicted octanol–water partition coefficient (Wildman–Crippen LogP) is 1.38. The smallest absolute Gasteiger partial charge is 0.293 e. The summed E-state index contributed by atoms with van der Waals surface area (Å²) in [7, 11) is 0. The Kier molecular flexibility index (Phi) is 3.92. The summed E-state index contributed by atoms with van der Waals surface area (Å²) in [6, 6.07) is 3.63. The largest absolute Gasteiger partial charge is 0.343 e. The van der Waals surface area contributed by atoms with E-state index in [0.29, 0.717) is 5.89 Å². The van der Waals surface area contributed by atoms with E-state index in [1.54, 1.807) is 12.4 Å². The van der Waals surface area contributed by atoms with Crippen LogP contribution in [-0.2, 0) is 0 Å². The zero-order chi connectivity index (χ0) is 14.7. The second kappa shape index (κ2) is 6.01. The van der Waals surface area contributed by atoms with Gasteiger partial charge in [0.1, 0.15) is 0 Å². The highest BCUT2D eigenvalue weighted by Gasteiger charge is 2.24. The first-order valence-corrected chi connectivity index (χ1v) is 7.02. The highest BCUT2D eigenvalue weighted by atomic mass is 16.5. The lowest BCUT2D eigenvalue weighted by Crippen LogP contribution is -2.27. The number of carbonyl (C=O) groups excluding carboxylic acids is 1. The van der Waals surface area contributed by atoms with Crippen LogP contribution in [0.25, 0.3) is 0 Å². The summed E-state index contributed by atoms with van der Waals surface area (Å²) in [5.41, 5.74) is 0.923. The lowest BCUT2D eigenvalue weighted by Gasteiger charge is -2.11. The quantitative estimate of drug-likeness (QED) is 0.882. The molecule has 1 aliphatic heterocycles. The monoisotopic (exact) mass is 287 g/mol. The SMILES string of the molecule is C[C@H](NC(=O)c1noc(C2CCCN2)n1)c1cccnc1. The van der Waals surface area contributed by atoms with Gasteiger partial charge in [-0.05, 0) is 37.9 Å². The fourth-order valence-corrected chi connectivity index (χ4v) is 2.34. The van der Waals surface area contributed by atoms with Crippen LogP contribution in [-0.4, -0.2) is 27.6 Å². The number of rotatable bonds is 4. The molecule has 1 aliphatic rings. The zero-order valence-electron chi connectivity index (χ0n) is 11.7. The van der Waals surface area contributed by atoms with E-state index >= 15 is 0 Å². The molecule has 110 valence electrons. The summed E-state index contributed by atoms with van der Waals surface area (Å²) in [6.07, 6.45) is 5.44. The van der Waals surface area contributed by atoms with Gasteiger partial charge < -0.3 is 15.2 Å². The molecule has 0 spiro atoms. The van der Waals surface area contributed by atoms with Crippen molar-refractivity contribution in [2.45, 2.75) is 31.8 Å². The van der Waals surface area contributed by atoms with Gasteiger partial charge in [0.15, 0.2) is 0 Å². The van der Waals surface area contributed by atoms with Crippen molar-refractivity contribution >= 4 is 5.91 Å². The van der Waals surface area contributed by atoms with Gasteiger partial charge >= 0.3 is 0 Å². The van der Waals surface area contributed by atoms with E-state index in [2.05, 4.69) is 25.8 Å². The van der Waals surface area contributed by atoms with Gasteiger partial charge in [-0.15, -0.1) is 0 Å².